The van der Waals surface area contributed by atoms with Crippen molar-refractivity contribution in [3.05, 3.63) is 18.0 Å². The molecule has 1 fully saturated rings. The maximum atomic E-state index is 9.43. The van der Waals surface area contributed by atoms with E-state index >= 15 is 0 Å². The van der Waals surface area contributed by atoms with Gasteiger partial charge in [0.1, 0.15) is 0 Å². The molecule has 1 aromatic rings. The van der Waals surface area contributed by atoms with Gasteiger partial charge in [-0.3, -0.25) is 9.67 Å². The number of hydrogen-bond acceptors (Lipinski definition) is 3. The average Bonchev–Trinajstić information content (AvgIpc) is 2.99. The SMILES string of the molecule is CCNC(=NCC1(CCO)CCCCC1)NCCc1cnn(C)c1. The third-order valence-corrected chi connectivity index (χ3v) is 4.94. The number of nitrogens with one attached hydrogen (secondary N) is 2. The Kier molecular flexibility index (Phi) is 7.56. The van der Waals surface area contributed by atoms with Crippen LogP contribution in [0.4, 0.5) is 0 Å². The summed E-state index contributed by atoms with van der Waals surface area (Å²) in [5.41, 5.74) is 1.42. The number of aliphatic hydroxyl groups excluding tert-OH is 1. The number of rotatable bonds is 8. The Balaban J connectivity index is 1.88. The van der Waals surface area contributed by atoms with Gasteiger partial charge in [-0.15, -0.1) is 0 Å². The molecule has 0 aliphatic heterocycles. The summed E-state index contributed by atoms with van der Waals surface area (Å²) < 4.78 is 1.83. The van der Waals surface area contributed by atoms with E-state index in [1.165, 1.54) is 37.7 Å². The molecule has 1 aliphatic carbocycles. The van der Waals surface area contributed by atoms with Crippen LogP contribution < -0.4 is 10.6 Å². The molecular weight excluding hydrogens is 302 g/mol. The maximum Gasteiger partial charge on any atom is 0.191 e. The lowest BCUT2D eigenvalue weighted by Gasteiger charge is -2.35. The van der Waals surface area contributed by atoms with Crippen LogP contribution in [0.2, 0.25) is 0 Å². The second-order valence-electron chi connectivity index (χ2n) is 6.93. The summed E-state index contributed by atoms with van der Waals surface area (Å²) in [6, 6.07) is 0. The van der Waals surface area contributed by atoms with E-state index in [0.717, 1.165) is 38.4 Å². The zero-order valence-electron chi connectivity index (χ0n) is 15.2. The van der Waals surface area contributed by atoms with E-state index in [9.17, 15) is 5.11 Å². The number of aliphatic hydroxyl groups is 1. The van der Waals surface area contributed by atoms with Gasteiger partial charge in [-0.25, -0.2) is 0 Å². The van der Waals surface area contributed by atoms with E-state index in [4.69, 9.17) is 4.99 Å². The molecule has 6 heteroatoms. The quantitative estimate of drug-likeness (QED) is 0.501. The van der Waals surface area contributed by atoms with Gasteiger partial charge in [0.25, 0.3) is 0 Å². The number of hydrogen-bond donors (Lipinski definition) is 3. The number of guanidine groups is 1. The van der Waals surface area contributed by atoms with Crippen LogP contribution in [0.3, 0.4) is 0 Å². The summed E-state index contributed by atoms with van der Waals surface area (Å²) in [5, 5.41) is 20.4. The predicted octanol–water partition coefficient (Wildman–Crippen LogP) is 1.85. The Morgan fingerprint density at radius 2 is 2.12 bits per heavy atom. The van der Waals surface area contributed by atoms with Gasteiger partial charge in [0, 0.05) is 39.5 Å². The molecule has 3 N–H and O–H groups in total. The third-order valence-electron chi connectivity index (χ3n) is 4.94. The van der Waals surface area contributed by atoms with Crippen molar-refractivity contribution >= 4 is 5.96 Å². The monoisotopic (exact) mass is 335 g/mol. The standard InChI is InChI=1S/C18H33N5O/c1-3-19-17(20-11-7-16-13-22-23(2)14-16)21-15-18(10-12-24)8-5-4-6-9-18/h13-14,24H,3-12,15H2,1-2H3,(H2,19,20,21). The molecule has 0 spiro atoms. The Bertz CT molecular complexity index is 500. The van der Waals surface area contributed by atoms with Crippen LogP contribution in [0.1, 0.15) is 51.0 Å². The molecule has 24 heavy (non-hydrogen) atoms. The number of nitrogens with zero attached hydrogens (tertiary/aromatic N) is 3. The van der Waals surface area contributed by atoms with Crippen molar-refractivity contribution in [1.29, 1.82) is 0 Å². The molecule has 0 atom stereocenters. The molecule has 0 bridgehead atoms. The van der Waals surface area contributed by atoms with E-state index in [1.54, 1.807) is 0 Å². The van der Waals surface area contributed by atoms with Crippen molar-refractivity contribution in [2.24, 2.45) is 17.5 Å². The van der Waals surface area contributed by atoms with Gasteiger partial charge in [-0.2, -0.15) is 5.10 Å². The minimum atomic E-state index is 0.193. The number of aryl methyl sites for hydroxylation is 1. The smallest absolute Gasteiger partial charge is 0.191 e. The van der Waals surface area contributed by atoms with Crippen LogP contribution in [0.25, 0.3) is 0 Å². The molecule has 0 unspecified atom stereocenters. The zero-order valence-corrected chi connectivity index (χ0v) is 15.2. The van der Waals surface area contributed by atoms with Crippen molar-refractivity contribution < 1.29 is 5.11 Å². The fourth-order valence-corrected chi connectivity index (χ4v) is 3.54. The molecule has 1 aliphatic rings. The number of aliphatic imine (C=N–C) groups is 1. The van der Waals surface area contributed by atoms with Gasteiger partial charge in [-0.1, -0.05) is 19.3 Å². The minimum absolute atomic E-state index is 0.193. The highest BCUT2D eigenvalue weighted by Crippen LogP contribution is 2.39. The van der Waals surface area contributed by atoms with Crippen LogP contribution in [0.5, 0.6) is 0 Å². The van der Waals surface area contributed by atoms with E-state index in [1.807, 2.05) is 24.1 Å². The predicted molar refractivity (Wildman–Crippen MR) is 98.1 cm³/mol. The molecule has 2 rings (SSSR count). The molecular formula is C18H33N5O. The molecule has 0 saturated heterocycles. The topological polar surface area (TPSA) is 74.5 Å². The third kappa shape index (κ3) is 5.82. The van der Waals surface area contributed by atoms with Crippen molar-refractivity contribution in [1.82, 2.24) is 20.4 Å². The van der Waals surface area contributed by atoms with E-state index in [-0.39, 0.29) is 12.0 Å². The largest absolute Gasteiger partial charge is 0.396 e. The first-order valence-electron chi connectivity index (χ1n) is 9.28. The highest BCUT2D eigenvalue weighted by molar-refractivity contribution is 5.79. The first-order chi connectivity index (χ1) is 11.7. The maximum absolute atomic E-state index is 9.43. The van der Waals surface area contributed by atoms with Crippen molar-refractivity contribution in [3.8, 4) is 0 Å². The van der Waals surface area contributed by atoms with Crippen LogP contribution in [-0.4, -0.2) is 47.1 Å². The van der Waals surface area contributed by atoms with E-state index in [2.05, 4.69) is 22.7 Å². The molecule has 6 nitrogen and oxygen atoms in total. The Morgan fingerprint density at radius 1 is 1.33 bits per heavy atom. The number of aromatic nitrogens is 2. The van der Waals surface area contributed by atoms with Crippen LogP contribution in [0, 0.1) is 5.41 Å². The van der Waals surface area contributed by atoms with Crippen molar-refractivity contribution in [3.63, 3.8) is 0 Å². The highest BCUT2D eigenvalue weighted by atomic mass is 16.3. The summed E-state index contributed by atoms with van der Waals surface area (Å²) in [4.78, 5) is 4.83. The van der Waals surface area contributed by atoms with Crippen LogP contribution in [0.15, 0.2) is 17.4 Å². The minimum Gasteiger partial charge on any atom is -0.396 e. The van der Waals surface area contributed by atoms with E-state index < -0.39 is 0 Å². The molecule has 1 saturated carbocycles. The lowest BCUT2D eigenvalue weighted by atomic mass is 9.72. The van der Waals surface area contributed by atoms with Crippen molar-refractivity contribution in [2.75, 3.05) is 26.2 Å². The molecule has 0 aromatic carbocycles. The summed E-state index contributed by atoms with van der Waals surface area (Å²) in [6.07, 6.45) is 12.0. The van der Waals surface area contributed by atoms with E-state index in [0.29, 0.717) is 0 Å². The molecule has 136 valence electrons. The Labute approximate surface area is 145 Å². The zero-order chi connectivity index (χ0) is 17.3. The molecule has 1 heterocycles. The normalized spacial score (nSPS) is 17.7. The van der Waals surface area contributed by atoms with Crippen LogP contribution in [-0.2, 0) is 13.5 Å². The summed E-state index contributed by atoms with van der Waals surface area (Å²) in [5.74, 6) is 0.879. The van der Waals surface area contributed by atoms with Gasteiger partial charge in [-0.05, 0) is 43.6 Å². The average molecular weight is 335 g/mol. The Hall–Kier alpha value is -1.56. The van der Waals surface area contributed by atoms with Gasteiger partial charge >= 0.3 is 0 Å². The lowest BCUT2D eigenvalue weighted by molar-refractivity contribution is 0.137. The first-order valence-corrected chi connectivity index (χ1v) is 9.28. The van der Waals surface area contributed by atoms with Gasteiger partial charge in [0.05, 0.1) is 6.20 Å². The summed E-state index contributed by atoms with van der Waals surface area (Å²) >= 11 is 0. The summed E-state index contributed by atoms with van der Waals surface area (Å²) in [6.45, 7) is 4.84. The van der Waals surface area contributed by atoms with Gasteiger partial charge in [0.15, 0.2) is 5.96 Å². The second kappa shape index (κ2) is 9.67. The lowest BCUT2D eigenvalue weighted by Crippen LogP contribution is -2.40. The van der Waals surface area contributed by atoms with Gasteiger partial charge < -0.3 is 15.7 Å². The fourth-order valence-electron chi connectivity index (χ4n) is 3.54. The summed E-state index contributed by atoms with van der Waals surface area (Å²) in [7, 11) is 1.94. The molecule has 0 amide bonds. The second-order valence-corrected chi connectivity index (χ2v) is 6.93. The van der Waals surface area contributed by atoms with Gasteiger partial charge in [0.2, 0.25) is 0 Å². The molecule has 0 radical (unpaired) electrons. The highest BCUT2D eigenvalue weighted by Gasteiger charge is 2.31. The fraction of sp³-hybridized carbons (Fsp3) is 0.778. The first kappa shape index (κ1) is 18.8. The van der Waals surface area contributed by atoms with Crippen molar-refractivity contribution in [2.45, 2.75) is 51.9 Å². The molecule has 1 aromatic heterocycles. The Morgan fingerprint density at radius 3 is 2.75 bits per heavy atom. The van der Waals surface area contributed by atoms with Crippen LogP contribution >= 0.6 is 0 Å².